The van der Waals surface area contributed by atoms with Crippen LogP contribution < -0.4 is 21.3 Å². The first kappa shape index (κ1) is 34.1. The summed E-state index contributed by atoms with van der Waals surface area (Å²) in [4.78, 5) is 80.8. The van der Waals surface area contributed by atoms with Crippen molar-refractivity contribution in [1.82, 2.24) is 21.3 Å². The topological polar surface area (TPSA) is 258 Å². The van der Waals surface area contributed by atoms with Gasteiger partial charge in [0.1, 0.15) is 24.7 Å². The van der Waals surface area contributed by atoms with Crippen LogP contribution in [0.3, 0.4) is 0 Å². The van der Waals surface area contributed by atoms with E-state index in [2.05, 4.69) is 10.6 Å². The maximum absolute atomic E-state index is 12.3. The average Bonchev–Trinajstić information content (AvgIpc) is 2.91. The number of amides is 4. The number of hydrogen-bond acceptors (Lipinski definition) is 8. The van der Waals surface area contributed by atoms with Crippen molar-refractivity contribution < 1.29 is 58.7 Å². The average molecular weight is 583 g/mol. The van der Waals surface area contributed by atoms with Crippen LogP contribution in [-0.4, -0.2) is 87.0 Å². The lowest BCUT2D eigenvalue weighted by atomic mass is 10.1. The molecular formula is C25H34N4O12. The Hall–Kier alpha value is -4.89. The van der Waals surface area contributed by atoms with Gasteiger partial charge >= 0.3 is 36.0 Å². The van der Waals surface area contributed by atoms with Gasteiger partial charge in [-0.3, -0.25) is 9.59 Å². The van der Waals surface area contributed by atoms with Gasteiger partial charge in [0, 0.05) is 19.4 Å². The second kappa shape index (κ2) is 18.4. The molecule has 1 aromatic carbocycles. The quantitative estimate of drug-likeness (QED) is 0.104. The van der Waals surface area contributed by atoms with Crippen molar-refractivity contribution >= 4 is 41.9 Å². The van der Waals surface area contributed by atoms with E-state index in [4.69, 9.17) is 14.9 Å². The fourth-order valence-electron chi connectivity index (χ4n) is 3.38. The van der Waals surface area contributed by atoms with Crippen molar-refractivity contribution in [3.05, 3.63) is 35.9 Å². The van der Waals surface area contributed by atoms with Crippen LogP contribution in [0, 0.1) is 0 Å². The number of ether oxygens (including phenoxy) is 1. The molecule has 1 aromatic rings. The van der Waals surface area contributed by atoms with E-state index in [1.54, 1.807) is 12.1 Å². The molecule has 16 nitrogen and oxygen atoms in total. The van der Waals surface area contributed by atoms with Crippen molar-refractivity contribution in [2.24, 2.45) is 0 Å². The number of carboxylic acid groups (broad SMARTS) is 4. The van der Waals surface area contributed by atoms with Gasteiger partial charge in [0.25, 0.3) is 0 Å². The van der Waals surface area contributed by atoms with Crippen molar-refractivity contribution in [1.29, 1.82) is 0 Å². The van der Waals surface area contributed by atoms with Gasteiger partial charge < -0.3 is 46.4 Å². The van der Waals surface area contributed by atoms with Crippen molar-refractivity contribution in [2.45, 2.75) is 69.7 Å². The predicted molar refractivity (Wildman–Crippen MR) is 139 cm³/mol. The lowest BCUT2D eigenvalue weighted by Crippen LogP contribution is -2.51. The molecule has 0 fully saturated rings. The third-order valence-electron chi connectivity index (χ3n) is 5.55. The van der Waals surface area contributed by atoms with Crippen LogP contribution in [0.15, 0.2) is 30.3 Å². The molecule has 226 valence electrons. The van der Waals surface area contributed by atoms with E-state index >= 15 is 0 Å². The zero-order chi connectivity index (χ0) is 30.8. The maximum atomic E-state index is 12.3. The number of rotatable bonds is 19. The predicted octanol–water partition coefficient (Wildman–Crippen LogP) is 0.503. The molecule has 0 saturated carbocycles. The van der Waals surface area contributed by atoms with Gasteiger partial charge in [0.05, 0.1) is 0 Å². The molecule has 8 N–H and O–H groups in total. The van der Waals surface area contributed by atoms with E-state index < -0.39 is 85.7 Å². The number of carboxylic acids is 4. The minimum Gasteiger partial charge on any atom is -0.481 e. The number of benzene rings is 1. The fourth-order valence-corrected chi connectivity index (χ4v) is 3.38. The summed E-state index contributed by atoms with van der Waals surface area (Å²) in [6.07, 6.45) is -1.80. The fraction of sp³-hybridized carbons (Fsp3) is 0.480. The van der Waals surface area contributed by atoms with Crippen molar-refractivity contribution in [2.75, 3.05) is 6.54 Å². The van der Waals surface area contributed by atoms with E-state index in [1.807, 2.05) is 28.8 Å². The molecule has 0 saturated heterocycles. The first-order valence-electron chi connectivity index (χ1n) is 12.6. The van der Waals surface area contributed by atoms with Gasteiger partial charge in [-0.1, -0.05) is 30.3 Å². The van der Waals surface area contributed by atoms with Crippen LogP contribution in [0.1, 0.15) is 50.5 Å². The molecule has 16 heteroatoms. The number of aliphatic carboxylic acids is 4. The minimum absolute atomic E-state index is 0.0255. The molecular weight excluding hydrogens is 548 g/mol. The summed E-state index contributed by atoms with van der Waals surface area (Å²) < 4.78 is 5.06. The molecule has 3 unspecified atom stereocenters. The van der Waals surface area contributed by atoms with Crippen LogP contribution >= 0.6 is 0 Å². The van der Waals surface area contributed by atoms with Gasteiger partial charge in [-0.2, -0.15) is 0 Å². The molecule has 1 rings (SSSR count). The Morgan fingerprint density at radius 3 is 1.76 bits per heavy atom. The van der Waals surface area contributed by atoms with Crippen LogP contribution in [0.25, 0.3) is 0 Å². The lowest BCUT2D eigenvalue weighted by molar-refractivity contribution is -0.142. The van der Waals surface area contributed by atoms with Gasteiger partial charge in [-0.25, -0.2) is 24.0 Å². The molecule has 0 heterocycles. The molecule has 3 atom stereocenters. The number of hydrogen-bond donors (Lipinski definition) is 8. The van der Waals surface area contributed by atoms with E-state index in [0.717, 1.165) is 5.56 Å². The summed E-state index contributed by atoms with van der Waals surface area (Å²) in [7, 11) is 0. The number of unbranched alkanes of at least 4 members (excludes halogenated alkanes) is 1. The highest BCUT2D eigenvalue weighted by Crippen LogP contribution is 2.05. The van der Waals surface area contributed by atoms with E-state index in [9.17, 15) is 43.8 Å². The first-order valence-corrected chi connectivity index (χ1v) is 12.6. The monoisotopic (exact) mass is 582 g/mol. The first-order chi connectivity index (χ1) is 19.4. The Balaban J connectivity index is 2.42. The number of alkyl carbamates (subject to hydrolysis) is 1. The van der Waals surface area contributed by atoms with E-state index in [-0.39, 0.29) is 19.6 Å². The summed E-state index contributed by atoms with van der Waals surface area (Å²) in [5.74, 6) is -6.45. The maximum Gasteiger partial charge on any atom is 0.407 e. The van der Waals surface area contributed by atoms with Crippen molar-refractivity contribution in [3.63, 3.8) is 0 Å². The minimum atomic E-state index is -1.62. The zero-order valence-electron chi connectivity index (χ0n) is 22.0. The second-order valence-electron chi connectivity index (χ2n) is 8.81. The van der Waals surface area contributed by atoms with Gasteiger partial charge in [0.2, 0.25) is 5.91 Å². The van der Waals surface area contributed by atoms with Crippen LogP contribution in [-0.2, 0) is 35.3 Å². The molecule has 0 radical (unpaired) electrons. The van der Waals surface area contributed by atoms with E-state index in [0.29, 0.717) is 12.8 Å². The van der Waals surface area contributed by atoms with Crippen molar-refractivity contribution in [3.8, 4) is 0 Å². The summed E-state index contributed by atoms with van der Waals surface area (Å²) in [6.45, 7) is 0.305. The third kappa shape index (κ3) is 15.3. The Bertz CT molecular complexity index is 1070. The molecule has 0 aromatic heterocycles. The Kier molecular flexibility index (Phi) is 15.3. The standard InChI is InChI=1S/C25H34N4O12/c30-19(11-9-17(22(35)36)28-24(39)29-18(23(37)38)10-12-20(31)32)27-16(21(33)34)8-4-5-13-26-25(40)41-14-15-6-2-1-3-7-15/h1-3,6-7,16-18H,4-5,8-14H2,(H,26,40)(H,27,30)(H,31,32)(H,33,34)(H,35,36)(H,37,38)(H2,28,29,39). The number of carbonyl (C=O) groups excluding carboxylic acids is 3. The smallest absolute Gasteiger partial charge is 0.407 e. The SMILES string of the molecule is O=C(O)CCC(NC(=O)NC(CCC(=O)NC(CCCCNC(=O)OCc1ccccc1)C(=O)O)C(=O)O)C(=O)O. The molecule has 41 heavy (non-hydrogen) atoms. The largest absolute Gasteiger partial charge is 0.481 e. The van der Waals surface area contributed by atoms with Gasteiger partial charge in [0.15, 0.2) is 0 Å². The Morgan fingerprint density at radius 2 is 1.22 bits per heavy atom. The second-order valence-corrected chi connectivity index (χ2v) is 8.81. The third-order valence-corrected chi connectivity index (χ3v) is 5.55. The molecule has 0 aliphatic carbocycles. The highest BCUT2D eigenvalue weighted by atomic mass is 16.5. The summed E-state index contributed by atoms with van der Waals surface area (Å²) in [6, 6.07) is 3.36. The Labute approximate surface area is 234 Å². The molecule has 0 spiro atoms. The van der Waals surface area contributed by atoms with Gasteiger partial charge in [-0.15, -0.1) is 0 Å². The van der Waals surface area contributed by atoms with Crippen LogP contribution in [0.2, 0.25) is 0 Å². The molecule has 0 bridgehead atoms. The molecule has 0 aliphatic rings. The summed E-state index contributed by atoms with van der Waals surface area (Å²) >= 11 is 0. The van der Waals surface area contributed by atoms with Crippen LogP contribution in [0.4, 0.5) is 9.59 Å². The van der Waals surface area contributed by atoms with Gasteiger partial charge in [-0.05, 0) is 37.7 Å². The highest BCUT2D eigenvalue weighted by molar-refractivity contribution is 5.87. The van der Waals surface area contributed by atoms with Crippen LogP contribution in [0.5, 0.6) is 0 Å². The summed E-state index contributed by atoms with van der Waals surface area (Å²) in [5.41, 5.74) is 0.816. The van der Waals surface area contributed by atoms with E-state index in [1.165, 1.54) is 0 Å². The number of carbonyl (C=O) groups is 7. The lowest BCUT2D eigenvalue weighted by Gasteiger charge is -2.19. The summed E-state index contributed by atoms with van der Waals surface area (Å²) in [5, 5.41) is 45.2. The normalized spacial score (nSPS) is 12.6. The molecule has 4 amide bonds. The Morgan fingerprint density at radius 1 is 0.683 bits per heavy atom. The zero-order valence-corrected chi connectivity index (χ0v) is 22.0. The molecule has 0 aliphatic heterocycles. The highest BCUT2D eigenvalue weighted by Gasteiger charge is 2.26. The number of nitrogens with one attached hydrogen (secondary N) is 4. The number of urea groups is 1.